The van der Waals surface area contributed by atoms with E-state index in [9.17, 15) is 0 Å². The highest BCUT2D eigenvalue weighted by atomic mass is 35.5. The maximum Gasteiger partial charge on any atom is 0.110 e. The summed E-state index contributed by atoms with van der Waals surface area (Å²) in [6, 6.07) is 7.92. The standard InChI is InChI=1S/C16H21ClN2S/c1-15(2,3)14(18)8-11-19-16(9-10-16)20-13-6-4-12(17)5-7-13/h4-8,11H,9-10,18H2,1-3H3. The third kappa shape index (κ3) is 4.29. The number of halogens is 1. The lowest BCUT2D eigenvalue weighted by molar-refractivity contribution is 0.498. The number of thioether (sulfide) groups is 1. The number of nitrogens with zero attached hydrogens (tertiary/aromatic N) is 1. The van der Waals surface area contributed by atoms with Gasteiger partial charge in [-0.3, -0.25) is 4.99 Å². The Morgan fingerprint density at radius 3 is 2.40 bits per heavy atom. The third-order valence-corrected chi connectivity index (χ3v) is 4.88. The number of rotatable bonds is 4. The molecule has 0 spiro atoms. The Labute approximate surface area is 130 Å². The first-order valence-corrected chi connectivity index (χ1v) is 7.96. The van der Waals surface area contributed by atoms with Crippen molar-refractivity contribution >= 4 is 29.6 Å². The van der Waals surface area contributed by atoms with Gasteiger partial charge in [-0.2, -0.15) is 0 Å². The van der Waals surface area contributed by atoms with Crippen LogP contribution in [0, 0.1) is 5.41 Å². The van der Waals surface area contributed by atoms with Gasteiger partial charge in [0.25, 0.3) is 0 Å². The monoisotopic (exact) mass is 308 g/mol. The summed E-state index contributed by atoms with van der Waals surface area (Å²) in [7, 11) is 0. The molecule has 4 heteroatoms. The van der Waals surface area contributed by atoms with Crippen LogP contribution in [0.1, 0.15) is 33.6 Å². The van der Waals surface area contributed by atoms with Gasteiger partial charge in [0.05, 0.1) is 0 Å². The van der Waals surface area contributed by atoms with Gasteiger partial charge in [-0.25, -0.2) is 0 Å². The minimum absolute atomic E-state index is 0.00247. The fourth-order valence-corrected chi connectivity index (χ4v) is 2.85. The summed E-state index contributed by atoms with van der Waals surface area (Å²) in [6.07, 6.45) is 6.00. The molecule has 0 amide bonds. The molecular weight excluding hydrogens is 288 g/mol. The van der Waals surface area contributed by atoms with E-state index in [2.05, 4.69) is 25.8 Å². The van der Waals surface area contributed by atoms with Crippen LogP contribution in [0.4, 0.5) is 0 Å². The quantitative estimate of drug-likeness (QED) is 0.805. The van der Waals surface area contributed by atoms with Crippen LogP contribution in [0.3, 0.4) is 0 Å². The van der Waals surface area contributed by atoms with Gasteiger partial charge in [-0.1, -0.05) is 44.1 Å². The zero-order valence-electron chi connectivity index (χ0n) is 12.2. The lowest BCUT2D eigenvalue weighted by Gasteiger charge is -2.18. The van der Waals surface area contributed by atoms with Crippen molar-refractivity contribution in [3.05, 3.63) is 41.1 Å². The molecule has 1 saturated carbocycles. The van der Waals surface area contributed by atoms with Crippen LogP contribution in [0.25, 0.3) is 0 Å². The second kappa shape index (κ2) is 5.82. The van der Waals surface area contributed by atoms with Crippen molar-refractivity contribution in [2.75, 3.05) is 0 Å². The van der Waals surface area contributed by atoms with Crippen LogP contribution < -0.4 is 5.73 Å². The minimum Gasteiger partial charge on any atom is -0.402 e. The van der Waals surface area contributed by atoms with E-state index in [1.54, 1.807) is 11.8 Å². The number of allylic oxidation sites excluding steroid dienone is 2. The van der Waals surface area contributed by atoms with Gasteiger partial charge < -0.3 is 5.73 Å². The van der Waals surface area contributed by atoms with Crippen LogP contribution in [0.5, 0.6) is 0 Å². The molecular formula is C16H21ClN2S. The smallest absolute Gasteiger partial charge is 0.110 e. The van der Waals surface area contributed by atoms with Crippen LogP contribution in [0.15, 0.2) is 45.9 Å². The van der Waals surface area contributed by atoms with Crippen LogP contribution in [-0.4, -0.2) is 11.1 Å². The first kappa shape index (κ1) is 15.5. The number of hydrogen-bond donors (Lipinski definition) is 1. The molecule has 1 fully saturated rings. The lowest BCUT2D eigenvalue weighted by Crippen LogP contribution is -2.17. The van der Waals surface area contributed by atoms with Gasteiger partial charge >= 0.3 is 0 Å². The molecule has 1 aliphatic carbocycles. The largest absolute Gasteiger partial charge is 0.402 e. The molecule has 1 aromatic rings. The van der Waals surface area contributed by atoms with Crippen molar-refractivity contribution in [2.45, 2.75) is 43.4 Å². The fraction of sp³-hybridized carbons (Fsp3) is 0.438. The zero-order valence-corrected chi connectivity index (χ0v) is 13.8. The first-order valence-electron chi connectivity index (χ1n) is 6.77. The lowest BCUT2D eigenvalue weighted by atomic mass is 9.92. The van der Waals surface area contributed by atoms with Crippen molar-refractivity contribution in [1.82, 2.24) is 0 Å². The second-order valence-electron chi connectivity index (χ2n) is 6.15. The highest BCUT2D eigenvalue weighted by molar-refractivity contribution is 8.01. The maximum atomic E-state index is 6.02. The number of hydrogen-bond acceptors (Lipinski definition) is 3. The molecule has 2 N–H and O–H groups in total. The van der Waals surface area contributed by atoms with Crippen molar-refractivity contribution in [3.63, 3.8) is 0 Å². The Kier molecular flexibility index (Phi) is 4.50. The predicted octanol–water partition coefficient (Wildman–Crippen LogP) is 4.88. The molecule has 0 unspecified atom stereocenters. The SMILES string of the molecule is CC(C)(C)C(N)=CC=NC1(Sc2ccc(Cl)cc2)CC1. The number of benzene rings is 1. The zero-order chi connectivity index (χ0) is 14.8. The highest BCUT2D eigenvalue weighted by Crippen LogP contribution is 2.52. The Morgan fingerprint density at radius 1 is 1.30 bits per heavy atom. The summed E-state index contributed by atoms with van der Waals surface area (Å²) in [5, 5.41) is 0.767. The average molecular weight is 309 g/mol. The van der Waals surface area contributed by atoms with E-state index in [-0.39, 0.29) is 10.3 Å². The van der Waals surface area contributed by atoms with Crippen molar-refractivity contribution in [1.29, 1.82) is 0 Å². The van der Waals surface area contributed by atoms with E-state index in [4.69, 9.17) is 17.3 Å². The van der Waals surface area contributed by atoms with E-state index < -0.39 is 0 Å². The molecule has 1 aliphatic rings. The van der Waals surface area contributed by atoms with Crippen LogP contribution in [0.2, 0.25) is 5.02 Å². The van der Waals surface area contributed by atoms with E-state index >= 15 is 0 Å². The summed E-state index contributed by atoms with van der Waals surface area (Å²) in [4.78, 5) is 5.89. The van der Waals surface area contributed by atoms with E-state index in [0.717, 1.165) is 23.6 Å². The molecule has 0 bridgehead atoms. The summed E-state index contributed by atoms with van der Waals surface area (Å²) in [5.74, 6) is 0. The molecule has 0 heterocycles. The number of nitrogens with two attached hydrogens (primary N) is 1. The maximum absolute atomic E-state index is 6.02. The topological polar surface area (TPSA) is 38.4 Å². The van der Waals surface area contributed by atoms with Crippen molar-refractivity contribution in [3.8, 4) is 0 Å². The van der Waals surface area contributed by atoms with Crippen molar-refractivity contribution in [2.24, 2.45) is 16.1 Å². The number of aliphatic imine (C=N–C) groups is 1. The Balaban J connectivity index is 2.00. The molecule has 20 heavy (non-hydrogen) atoms. The Bertz CT molecular complexity index is 522. The molecule has 0 radical (unpaired) electrons. The molecule has 2 nitrogen and oxygen atoms in total. The molecule has 108 valence electrons. The molecule has 0 atom stereocenters. The van der Waals surface area contributed by atoms with Crippen LogP contribution >= 0.6 is 23.4 Å². The second-order valence-corrected chi connectivity index (χ2v) is 8.02. The third-order valence-electron chi connectivity index (χ3n) is 3.23. The van der Waals surface area contributed by atoms with E-state index in [0.29, 0.717) is 0 Å². The van der Waals surface area contributed by atoms with Gasteiger partial charge in [-0.05, 0) is 43.2 Å². The molecule has 0 aromatic heterocycles. The predicted molar refractivity (Wildman–Crippen MR) is 89.5 cm³/mol. The molecule has 0 saturated heterocycles. The highest BCUT2D eigenvalue weighted by Gasteiger charge is 2.43. The summed E-state index contributed by atoms with van der Waals surface area (Å²) < 4.78 is 0. The van der Waals surface area contributed by atoms with Gasteiger partial charge in [0.2, 0.25) is 0 Å². The van der Waals surface area contributed by atoms with E-state index in [1.807, 2.05) is 36.6 Å². The summed E-state index contributed by atoms with van der Waals surface area (Å²) in [6.45, 7) is 6.30. The van der Waals surface area contributed by atoms with Crippen molar-refractivity contribution < 1.29 is 0 Å². The van der Waals surface area contributed by atoms with Gasteiger partial charge in [0, 0.05) is 27.2 Å². The summed E-state index contributed by atoms with van der Waals surface area (Å²) in [5.41, 5.74) is 6.87. The average Bonchev–Trinajstić information content (AvgIpc) is 3.11. The Hall–Kier alpha value is -0.930. The molecule has 1 aromatic carbocycles. The summed E-state index contributed by atoms with van der Waals surface area (Å²) >= 11 is 7.70. The van der Waals surface area contributed by atoms with Crippen LogP contribution in [-0.2, 0) is 0 Å². The van der Waals surface area contributed by atoms with Gasteiger partial charge in [-0.15, -0.1) is 0 Å². The first-order chi connectivity index (χ1) is 9.31. The minimum atomic E-state index is -0.00788. The molecule has 0 aliphatic heterocycles. The Morgan fingerprint density at radius 2 is 1.90 bits per heavy atom. The van der Waals surface area contributed by atoms with Gasteiger partial charge in [0.15, 0.2) is 0 Å². The van der Waals surface area contributed by atoms with E-state index in [1.165, 1.54) is 4.90 Å². The normalized spacial score (nSPS) is 18.5. The van der Waals surface area contributed by atoms with Gasteiger partial charge in [0.1, 0.15) is 4.87 Å². The fourth-order valence-electron chi connectivity index (χ4n) is 1.59. The molecule has 2 rings (SSSR count).